The van der Waals surface area contributed by atoms with Crippen LogP contribution in [0, 0.1) is 0 Å². The maximum absolute atomic E-state index is 12.5. The number of hydrogen-bond acceptors (Lipinski definition) is 1. The summed E-state index contributed by atoms with van der Waals surface area (Å²) in [6.45, 7) is 0.725. The summed E-state index contributed by atoms with van der Waals surface area (Å²) >= 11 is 6.22. The zero-order valence-electron chi connectivity index (χ0n) is 7.57. The van der Waals surface area contributed by atoms with E-state index in [9.17, 15) is 18.3 Å². The van der Waals surface area contributed by atoms with E-state index in [1.165, 1.54) is 18.2 Å². The van der Waals surface area contributed by atoms with Crippen molar-refractivity contribution in [3.63, 3.8) is 0 Å². The molecular weight excluding hydrogens is 341 g/mol. The second-order valence-corrected chi connectivity index (χ2v) is 4.91. The Hall–Kier alpha value is -0.0700. The van der Waals surface area contributed by atoms with Gasteiger partial charge in [0.2, 0.25) is 0 Å². The molecule has 1 nitrogen and oxygen atoms in total. The van der Waals surface area contributed by atoms with Crippen LogP contribution in [0.15, 0.2) is 27.1 Å². The van der Waals surface area contributed by atoms with Gasteiger partial charge in [0.1, 0.15) is 0 Å². The lowest BCUT2D eigenvalue weighted by Gasteiger charge is -2.26. The van der Waals surface area contributed by atoms with Gasteiger partial charge >= 0.3 is 6.18 Å². The Morgan fingerprint density at radius 2 is 1.67 bits per heavy atom. The highest BCUT2D eigenvalue weighted by Crippen LogP contribution is 2.40. The fourth-order valence-corrected chi connectivity index (χ4v) is 1.59. The molecule has 1 atom stereocenters. The number of halogens is 5. The van der Waals surface area contributed by atoms with Crippen LogP contribution in [-0.2, 0) is 5.60 Å². The number of benzene rings is 1. The molecule has 0 spiro atoms. The molecule has 1 aromatic carbocycles. The van der Waals surface area contributed by atoms with E-state index in [4.69, 9.17) is 0 Å². The Labute approximate surface area is 102 Å². The first-order valence-corrected chi connectivity index (χ1v) is 5.49. The summed E-state index contributed by atoms with van der Waals surface area (Å²) in [5.74, 6) is 0. The van der Waals surface area contributed by atoms with E-state index in [0.717, 1.165) is 6.92 Å². The van der Waals surface area contributed by atoms with E-state index in [0.29, 0.717) is 8.95 Å². The summed E-state index contributed by atoms with van der Waals surface area (Å²) in [4.78, 5) is 0. The largest absolute Gasteiger partial charge is 0.421 e. The first-order chi connectivity index (χ1) is 6.66. The summed E-state index contributed by atoms with van der Waals surface area (Å²) in [5, 5.41) is 9.38. The van der Waals surface area contributed by atoms with Gasteiger partial charge in [-0.2, -0.15) is 13.2 Å². The monoisotopic (exact) mass is 346 g/mol. The fourth-order valence-electron chi connectivity index (χ4n) is 0.963. The Bertz CT molecular complexity index is 374. The summed E-state index contributed by atoms with van der Waals surface area (Å²) in [6.07, 6.45) is -4.69. The minimum absolute atomic E-state index is 0.204. The van der Waals surface area contributed by atoms with E-state index in [-0.39, 0.29) is 5.56 Å². The van der Waals surface area contributed by atoms with E-state index >= 15 is 0 Å². The lowest BCUT2D eigenvalue weighted by Crippen LogP contribution is -2.39. The molecule has 0 saturated heterocycles. The Morgan fingerprint density at radius 1 is 1.13 bits per heavy atom. The van der Waals surface area contributed by atoms with Crippen LogP contribution in [0.1, 0.15) is 12.5 Å². The van der Waals surface area contributed by atoms with Gasteiger partial charge in [-0.25, -0.2) is 0 Å². The molecule has 1 rings (SSSR count). The van der Waals surface area contributed by atoms with Crippen molar-refractivity contribution < 1.29 is 18.3 Å². The van der Waals surface area contributed by atoms with Gasteiger partial charge in [0.15, 0.2) is 5.60 Å². The number of alkyl halides is 3. The van der Waals surface area contributed by atoms with Gasteiger partial charge in [-0.3, -0.25) is 0 Å². The highest BCUT2D eigenvalue weighted by atomic mass is 79.9. The van der Waals surface area contributed by atoms with Crippen molar-refractivity contribution in [2.45, 2.75) is 18.7 Å². The van der Waals surface area contributed by atoms with Gasteiger partial charge in [-0.1, -0.05) is 6.07 Å². The third kappa shape index (κ3) is 2.54. The molecule has 0 fully saturated rings. The SMILES string of the molecule is CC(O)(c1ccc(Br)c(Br)c1)C(F)(F)F. The average molecular weight is 348 g/mol. The van der Waals surface area contributed by atoms with Crippen molar-refractivity contribution in [2.24, 2.45) is 0 Å². The van der Waals surface area contributed by atoms with Crippen molar-refractivity contribution >= 4 is 31.9 Å². The van der Waals surface area contributed by atoms with Gasteiger partial charge < -0.3 is 5.11 Å². The van der Waals surface area contributed by atoms with Crippen molar-refractivity contribution in [1.29, 1.82) is 0 Å². The zero-order chi connectivity index (χ0) is 11.9. The second-order valence-electron chi connectivity index (χ2n) is 3.20. The number of rotatable bonds is 1. The molecule has 6 heteroatoms. The molecule has 84 valence electrons. The van der Waals surface area contributed by atoms with E-state index in [1.807, 2.05) is 0 Å². The Morgan fingerprint density at radius 3 is 2.07 bits per heavy atom. The molecule has 0 aliphatic rings. The summed E-state index contributed by atoms with van der Waals surface area (Å²) < 4.78 is 38.5. The quantitative estimate of drug-likeness (QED) is 0.814. The third-order valence-electron chi connectivity index (χ3n) is 2.03. The molecule has 1 aromatic rings. The van der Waals surface area contributed by atoms with Crippen LogP contribution in [0.2, 0.25) is 0 Å². The minimum atomic E-state index is -4.69. The standard InChI is InChI=1S/C9H7Br2F3O/c1-8(15,9(12,13)14)5-2-3-6(10)7(11)4-5/h2-4,15H,1H3. The predicted molar refractivity (Wildman–Crippen MR) is 57.5 cm³/mol. The average Bonchev–Trinajstić information content (AvgIpc) is 2.07. The molecule has 0 saturated carbocycles. The van der Waals surface area contributed by atoms with Crippen LogP contribution in [0.3, 0.4) is 0 Å². The van der Waals surface area contributed by atoms with Crippen LogP contribution in [0.25, 0.3) is 0 Å². The minimum Gasteiger partial charge on any atom is -0.376 e. The molecule has 0 amide bonds. The molecular formula is C9H7Br2F3O. The Kier molecular flexibility index (Phi) is 3.52. The number of hydrogen-bond donors (Lipinski definition) is 1. The molecule has 0 bridgehead atoms. The van der Waals surface area contributed by atoms with Crippen molar-refractivity contribution in [3.8, 4) is 0 Å². The Balaban J connectivity index is 3.22. The van der Waals surface area contributed by atoms with Crippen molar-refractivity contribution in [3.05, 3.63) is 32.7 Å². The molecule has 0 heterocycles. The van der Waals surface area contributed by atoms with Crippen molar-refractivity contribution in [2.75, 3.05) is 0 Å². The van der Waals surface area contributed by atoms with Crippen LogP contribution in [-0.4, -0.2) is 11.3 Å². The second kappa shape index (κ2) is 4.07. The summed E-state index contributed by atoms with van der Waals surface area (Å²) in [5.41, 5.74) is -3.04. The molecule has 0 aliphatic heterocycles. The topological polar surface area (TPSA) is 20.2 Å². The van der Waals surface area contributed by atoms with Gasteiger partial charge in [-0.05, 0) is 56.5 Å². The van der Waals surface area contributed by atoms with E-state index in [1.54, 1.807) is 0 Å². The van der Waals surface area contributed by atoms with Gasteiger partial charge in [0, 0.05) is 8.95 Å². The summed E-state index contributed by atoms with van der Waals surface area (Å²) in [7, 11) is 0. The van der Waals surface area contributed by atoms with Crippen LogP contribution < -0.4 is 0 Å². The lowest BCUT2D eigenvalue weighted by molar-refractivity contribution is -0.258. The molecule has 15 heavy (non-hydrogen) atoms. The van der Waals surface area contributed by atoms with Crippen molar-refractivity contribution in [1.82, 2.24) is 0 Å². The van der Waals surface area contributed by atoms with E-state index in [2.05, 4.69) is 31.9 Å². The fraction of sp³-hybridized carbons (Fsp3) is 0.333. The van der Waals surface area contributed by atoms with Gasteiger partial charge in [-0.15, -0.1) is 0 Å². The van der Waals surface area contributed by atoms with Gasteiger partial charge in [0.05, 0.1) is 0 Å². The van der Waals surface area contributed by atoms with Crippen LogP contribution in [0.4, 0.5) is 13.2 Å². The van der Waals surface area contributed by atoms with E-state index < -0.39 is 11.8 Å². The zero-order valence-corrected chi connectivity index (χ0v) is 10.7. The highest BCUT2D eigenvalue weighted by molar-refractivity contribution is 9.13. The van der Waals surface area contributed by atoms with Crippen LogP contribution in [0.5, 0.6) is 0 Å². The molecule has 1 unspecified atom stereocenters. The lowest BCUT2D eigenvalue weighted by atomic mass is 9.96. The number of aliphatic hydroxyl groups is 1. The first kappa shape index (κ1) is 13.0. The summed E-state index contributed by atoms with van der Waals surface area (Å²) in [6, 6.07) is 3.90. The molecule has 0 aliphatic carbocycles. The normalized spacial score (nSPS) is 16.2. The maximum atomic E-state index is 12.5. The molecule has 1 N–H and O–H groups in total. The van der Waals surface area contributed by atoms with Gasteiger partial charge in [0.25, 0.3) is 0 Å². The highest BCUT2D eigenvalue weighted by Gasteiger charge is 2.51. The molecule has 0 aromatic heterocycles. The third-order valence-corrected chi connectivity index (χ3v) is 3.91. The van der Waals surface area contributed by atoms with Crippen LogP contribution >= 0.6 is 31.9 Å². The first-order valence-electron chi connectivity index (χ1n) is 3.91. The predicted octanol–water partition coefficient (Wildman–Crippen LogP) is 3.98. The molecule has 0 radical (unpaired) electrons. The maximum Gasteiger partial charge on any atom is 0.421 e. The smallest absolute Gasteiger partial charge is 0.376 e.